The molecule has 5 nitrogen and oxygen atoms in total. The van der Waals surface area contributed by atoms with Gasteiger partial charge in [0.25, 0.3) is 0 Å². The van der Waals surface area contributed by atoms with Gasteiger partial charge in [0.2, 0.25) is 0 Å². The van der Waals surface area contributed by atoms with Crippen LogP contribution in [0.2, 0.25) is 5.15 Å². The first kappa shape index (κ1) is 13.3. The summed E-state index contributed by atoms with van der Waals surface area (Å²) in [7, 11) is 0. The Morgan fingerprint density at radius 1 is 1.30 bits per heavy atom. The van der Waals surface area contributed by atoms with Gasteiger partial charge >= 0.3 is 0 Å². The predicted octanol–water partition coefficient (Wildman–Crippen LogP) is 3.46. The smallest absolute Gasteiger partial charge is 0.155 e. The molecule has 7 heteroatoms. The number of halogens is 2. The summed E-state index contributed by atoms with van der Waals surface area (Å²) < 4.78 is 2.65. The monoisotopic (exact) mass is 351 g/mol. The molecule has 3 heterocycles. The molecular formula is C13H11BrClN5. The second-order valence-electron chi connectivity index (χ2n) is 4.40. The number of fused-ring (bicyclic) bond motifs is 1. The number of hydrogen-bond acceptors (Lipinski definition) is 4. The zero-order valence-corrected chi connectivity index (χ0v) is 13.0. The minimum atomic E-state index is 0.442. The minimum Gasteiger partial charge on any atom is -0.378 e. The fourth-order valence-corrected chi connectivity index (χ4v) is 2.37. The Morgan fingerprint density at radius 2 is 2.15 bits per heavy atom. The Labute approximate surface area is 129 Å². The molecule has 0 bridgehead atoms. The van der Waals surface area contributed by atoms with Gasteiger partial charge in [-0.2, -0.15) is 5.10 Å². The SMILES string of the molecule is Cc1cc2ncc(CNc3cc(Br)cnc3Cl)cn2n1. The maximum atomic E-state index is 6.03. The highest BCUT2D eigenvalue weighted by Crippen LogP contribution is 2.23. The second-order valence-corrected chi connectivity index (χ2v) is 5.67. The first-order valence-electron chi connectivity index (χ1n) is 5.97. The van der Waals surface area contributed by atoms with Crippen LogP contribution in [0.15, 0.2) is 35.2 Å². The van der Waals surface area contributed by atoms with Gasteiger partial charge in [-0.25, -0.2) is 14.5 Å². The molecule has 0 unspecified atom stereocenters. The van der Waals surface area contributed by atoms with Crippen molar-refractivity contribution >= 4 is 38.9 Å². The van der Waals surface area contributed by atoms with Gasteiger partial charge in [-0.05, 0) is 28.9 Å². The van der Waals surface area contributed by atoms with Gasteiger partial charge in [-0.3, -0.25) is 0 Å². The summed E-state index contributed by atoms with van der Waals surface area (Å²) in [6, 6.07) is 3.83. The largest absolute Gasteiger partial charge is 0.378 e. The van der Waals surface area contributed by atoms with E-state index < -0.39 is 0 Å². The molecule has 102 valence electrons. The van der Waals surface area contributed by atoms with Crippen molar-refractivity contribution < 1.29 is 0 Å². The highest BCUT2D eigenvalue weighted by Gasteiger charge is 2.04. The average molecular weight is 353 g/mol. The summed E-state index contributed by atoms with van der Waals surface area (Å²) in [6.45, 7) is 2.54. The van der Waals surface area contributed by atoms with Crippen LogP contribution in [0.4, 0.5) is 5.69 Å². The van der Waals surface area contributed by atoms with Gasteiger partial charge in [0.05, 0.1) is 11.4 Å². The molecule has 0 atom stereocenters. The molecule has 0 fully saturated rings. The number of hydrogen-bond donors (Lipinski definition) is 1. The van der Waals surface area contributed by atoms with Crippen molar-refractivity contribution in [2.24, 2.45) is 0 Å². The lowest BCUT2D eigenvalue weighted by molar-refractivity contribution is 0.895. The summed E-state index contributed by atoms with van der Waals surface area (Å²) >= 11 is 9.40. The van der Waals surface area contributed by atoms with Gasteiger partial charge in [0.15, 0.2) is 10.8 Å². The summed E-state index contributed by atoms with van der Waals surface area (Å²) in [5.74, 6) is 0. The number of aromatic nitrogens is 4. The Hall–Kier alpha value is -1.66. The Bertz CT molecular complexity index is 771. The third-order valence-corrected chi connectivity index (χ3v) is 3.51. The van der Waals surface area contributed by atoms with Crippen LogP contribution in [0.3, 0.4) is 0 Å². The number of pyridine rings is 1. The van der Waals surface area contributed by atoms with Crippen molar-refractivity contribution in [2.45, 2.75) is 13.5 Å². The molecule has 20 heavy (non-hydrogen) atoms. The lowest BCUT2D eigenvalue weighted by atomic mass is 10.3. The lowest BCUT2D eigenvalue weighted by Crippen LogP contribution is -2.03. The zero-order chi connectivity index (χ0) is 14.1. The molecule has 0 aliphatic heterocycles. The zero-order valence-electron chi connectivity index (χ0n) is 10.6. The topological polar surface area (TPSA) is 55.1 Å². The number of rotatable bonds is 3. The lowest BCUT2D eigenvalue weighted by Gasteiger charge is -2.08. The third kappa shape index (κ3) is 2.76. The van der Waals surface area contributed by atoms with E-state index in [1.54, 1.807) is 10.7 Å². The molecule has 0 aliphatic rings. The second kappa shape index (κ2) is 5.38. The summed E-state index contributed by atoms with van der Waals surface area (Å²) in [4.78, 5) is 8.42. The van der Waals surface area contributed by atoms with E-state index in [4.69, 9.17) is 11.6 Å². The molecule has 0 saturated carbocycles. The van der Waals surface area contributed by atoms with Crippen molar-refractivity contribution in [1.82, 2.24) is 19.6 Å². The Morgan fingerprint density at radius 3 is 3.00 bits per heavy atom. The van der Waals surface area contributed by atoms with Gasteiger partial charge < -0.3 is 5.32 Å². The molecule has 1 N–H and O–H groups in total. The minimum absolute atomic E-state index is 0.442. The van der Waals surface area contributed by atoms with E-state index in [0.29, 0.717) is 11.7 Å². The van der Waals surface area contributed by atoms with Crippen LogP contribution in [-0.4, -0.2) is 19.6 Å². The van der Waals surface area contributed by atoms with Crippen LogP contribution in [0.25, 0.3) is 5.65 Å². The van der Waals surface area contributed by atoms with Crippen molar-refractivity contribution in [3.8, 4) is 0 Å². The van der Waals surface area contributed by atoms with Crippen LogP contribution < -0.4 is 5.32 Å². The summed E-state index contributed by atoms with van der Waals surface area (Å²) in [5.41, 5.74) is 3.57. The van der Waals surface area contributed by atoms with Crippen molar-refractivity contribution in [3.63, 3.8) is 0 Å². The van der Waals surface area contributed by atoms with Crippen molar-refractivity contribution in [3.05, 3.63) is 51.6 Å². The maximum absolute atomic E-state index is 6.03. The van der Waals surface area contributed by atoms with Crippen LogP contribution in [-0.2, 0) is 6.54 Å². The molecule has 0 amide bonds. The van der Waals surface area contributed by atoms with Gasteiger partial charge in [-0.1, -0.05) is 11.6 Å². The number of aryl methyl sites for hydroxylation is 1. The normalized spacial score (nSPS) is 10.9. The van der Waals surface area contributed by atoms with E-state index in [-0.39, 0.29) is 0 Å². The molecule has 3 rings (SSSR count). The van der Waals surface area contributed by atoms with E-state index in [0.717, 1.165) is 27.1 Å². The molecule has 3 aromatic heterocycles. The molecule has 0 spiro atoms. The highest BCUT2D eigenvalue weighted by molar-refractivity contribution is 9.10. The number of nitrogens with one attached hydrogen (secondary N) is 1. The Balaban J connectivity index is 1.80. The first-order valence-corrected chi connectivity index (χ1v) is 7.15. The number of anilines is 1. The van der Waals surface area contributed by atoms with Crippen molar-refractivity contribution in [1.29, 1.82) is 0 Å². The molecule has 0 aliphatic carbocycles. The summed E-state index contributed by atoms with van der Waals surface area (Å²) in [6.07, 6.45) is 5.43. The van der Waals surface area contributed by atoms with Crippen LogP contribution in [0, 0.1) is 6.92 Å². The van der Waals surface area contributed by atoms with E-state index in [9.17, 15) is 0 Å². The molecular weight excluding hydrogens is 342 g/mol. The maximum Gasteiger partial charge on any atom is 0.155 e. The highest BCUT2D eigenvalue weighted by atomic mass is 79.9. The van der Waals surface area contributed by atoms with E-state index in [1.807, 2.05) is 31.5 Å². The molecule has 0 saturated heterocycles. The molecule has 3 aromatic rings. The van der Waals surface area contributed by atoms with E-state index in [2.05, 4.69) is 36.3 Å². The van der Waals surface area contributed by atoms with Crippen molar-refractivity contribution in [2.75, 3.05) is 5.32 Å². The third-order valence-electron chi connectivity index (χ3n) is 2.78. The van der Waals surface area contributed by atoms with Gasteiger partial charge in [0.1, 0.15) is 0 Å². The summed E-state index contributed by atoms with van der Waals surface area (Å²) in [5, 5.41) is 8.02. The predicted molar refractivity (Wildman–Crippen MR) is 82.0 cm³/mol. The first-order chi connectivity index (χ1) is 9.61. The van der Waals surface area contributed by atoms with Crippen LogP contribution in [0.1, 0.15) is 11.3 Å². The quantitative estimate of drug-likeness (QED) is 0.733. The molecule has 0 aromatic carbocycles. The van der Waals surface area contributed by atoms with Crippen LogP contribution >= 0.6 is 27.5 Å². The average Bonchev–Trinajstić information content (AvgIpc) is 2.79. The standard InChI is InChI=1S/C13H11BrClN5/c1-8-2-12-17-5-9(7-20(12)19-8)4-16-11-3-10(14)6-18-13(11)15/h2-3,5-7,16H,4H2,1H3. The van der Waals surface area contributed by atoms with Gasteiger partial charge in [-0.15, -0.1) is 0 Å². The number of nitrogens with zero attached hydrogens (tertiary/aromatic N) is 4. The molecule has 0 radical (unpaired) electrons. The van der Waals surface area contributed by atoms with E-state index in [1.165, 1.54) is 0 Å². The van der Waals surface area contributed by atoms with Gasteiger partial charge in [0, 0.05) is 41.2 Å². The van der Waals surface area contributed by atoms with Crippen LogP contribution in [0.5, 0.6) is 0 Å². The fraction of sp³-hybridized carbons (Fsp3) is 0.154. The Kier molecular flexibility index (Phi) is 3.58. The van der Waals surface area contributed by atoms with E-state index >= 15 is 0 Å². The fourth-order valence-electron chi connectivity index (χ4n) is 1.87.